The number of amides is 1. The van der Waals surface area contributed by atoms with Gasteiger partial charge >= 0.3 is 0 Å². The Labute approximate surface area is 152 Å². The van der Waals surface area contributed by atoms with E-state index in [0.717, 1.165) is 29.4 Å². The van der Waals surface area contributed by atoms with Crippen LogP contribution in [0.2, 0.25) is 0 Å². The number of anilines is 2. The highest BCUT2D eigenvalue weighted by Gasteiger charge is 2.33. The van der Waals surface area contributed by atoms with E-state index in [1.54, 1.807) is 6.92 Å². The summed E-state index contributed by atoms with van der Waals surface area (Å²) in [4.78, 5) is 20.6. The van der Waals surface area contributed by atoms with Gasteiger partial charge in [0.25, 0.3) is 0 Å². The average Bonchev–Trinajstić information content (AvgIpc) is 3.33. The minimum absolute atomic E-state index is 0.0599. The minimum atomic E-state index is -0.376. The van der Waals surface area contributed by atoms with Gasteiger partial charge in [-0.05, 0) is 31.4 Å². The molecule has 1 aromatic carbocycles. The van der Waals surface area contributed by atoms with Gasteiger partial charge in [0.15, 0.2) is 5.13 Å². The molecule has 0 saturated heterocycles. The number of carbonyl (C=O) groups excluding carboxylic acids is 1. The predicted octanol–water partition coefficient (Wildman–Crippen LogP) is 3.44. The number of hydrogen-bond donors (Lipinski definition) is 1. The molecule has 1 N–H and O–H groups in total. The maximum absolute atomic E-state index is 11.9. The van der Waals surface area contributed by atoms with Crippen molar-refractivity contribution in [2.45, 2.75) is 51.8 Å². The number of para-hydroxylation sites is 1. The molecule has 0 bridgehead atoms. The molecule has 0 aliphatic heterocycles. The van der Waals surface area contributed by atoms with Gasteiger partial charge in [0.1, 0.15) is 0 Å². The van der Waals surface area contributed by atoms with E-state index in [-0.39, 0.29) is 12.0 Å². The summed E-state index contributed by atoms with van der Waals surface area (Å²) in [5, 5.41) is 12.9. The largest absolute Gasteiger partial charge is 0.391 e. The topological polar surface area (TPSA) is 56.7 Å². The normalized spacial score (nSPS) is 15.0. The molecule has 5 nitrogen and oxygen atoms in total. The summed E-state index contributed by atoms with van der Waals surface area (Å²) in [7, 11) is 0. The van der Waals surface area contributed by atoms with Crippen LogP contribution in [0.1, 0.15) is 38.8 Å². The molecule has 6 heteroatoms. The Morgan fingerprint density at radius 2 is 2.08 bits per heavy atom. The Balaban J connectivity index is 1.76. The second kappa shape index (κ2) is 7.97. The summed E-state index contributed by atoms with van der Waals surface area (Å²) in [6, 6.07) is 10.4. The molecule has 1 aliphatic carbocycles. The molecule has 1 atom stereocenters. The second-order valence-corrected chi connectivity index (χ2v) is 7.36. The van der Waals surface area contributed by atoms with Crippen molar-refractivity contribution in [3.8, 4) is 0 Å². The van der Waals surface area contributed by atoms with E-state index in [4.69, 9.17) is 4.98 Å². The van der Waals surface area contributed by atoms with E-state index in [9.17, 15) is 9.90 Å². The maximum Gasteiger partial charge on any atom is 0.225 e. The van der Waals surface area contributed by atoms with Gasteiger partial charge in [-0.25, -0.2) is 4.98 Å². The van der Waals surface area contributed by atoms with Crippen LogP contribution in [-0.2, 0) is 11.3 Å². The van der Waals surface area contributed by atoms with Crippen LogP contribution in [0, 0.1) is 0 Å². The highest BCUT2D eigenvalue weighted by atomic mass is 32.1. The highest BCUT2D eigenvalue weighted by molar-refractivity contribution is 7.14. The van der Waals surface area contributed by atoms with Crippen molar-refractivity contribution in [3.63, 3.8) is 0 Å². The fraction of sp³-hybridized carbons (Fsp3) is 0.474. The van der Waals surface area contributed by atoms with Crippen LogP contribution < -0.4 is 9.80 Å². The predicted molar refractivity (Wildman–Crippen MR) is 102 cm³/mol. The van der Waals surface area contributed by atoms with Crippen LogP contribution in [0.3, 0.4) is 0 Å². The Kier molecular flexibility index (Phi) is 5.71. The Morgan fingerprint density at radius 3 is 2.68 bits per heavy atom. The number of aromatic nitrogens is 1. The lowest BCUT2D eigenvalue weighted by atomic mass is 10.2. The lowest BCUT2D eigenvalue weighted by Crippen LogP contribution is -2.32. The van der Waals surface area contributed by atoms with Crippen molar-refractivity contribution < 1.29 is 9.90 Å². The number of hydrogen-bond acceptors (Lipinski definition) is 5. The molecule has 1 saturated carbocycles. The molecule has 1 amide bonds. The van der Waals surface area contributed by atoms with Crippen molar-refractivity contribution in [2.75, 3.05) is 16.3 Å². The van der Waals surface area contributed by atoms with Crippen LogP contribution in [0.25, 0.3) is 0 Å². The number of thiazole rings is 1. The lowest BCUT2D eigenvalue weighted by molar-refractivity contribution is -0.116. The molecule has 0 radical (unpaired) electrons. The van der Waals surface area contributed by atoms with E-state index < -0.39 is 0 Å². The number of carbonyl (C=O) groups is 1. The standard InChI is InChI=1S/C19H25N3O2S/c1-3-18(24)12-21(16-7-5-4-6-8-16)11-15-13-25-19(20-15)22(14(2)23)17-9-10-17/h4-8,13,17-18,24H,3,9-12H2,1-2H3. The molecule has 134 valence electrons. The molecule has 1 aromatic heterocycles. The monoisotopic (exact) mass is 359 g/mol. The van der Waals surface area contributed by atoms with E-state index in [1.807, 2.05) is 47.5 Å². The van der Waals surface area contributed by atoms with Gasteiger partial charge in [-0.15, -0.1) is 11.3 Å². The first kappa shape index (κ1) is 17.9. The first-order valence-electron chi connectivity index (χ1n) is 8.80. The molecule has 1 unspecified atom stereocenters. The SMILES string of the molecule is CCC(O)CN(Cc1csc(N(C(C)=O)C2CC2)n1)c1ccccc1. The third-order valence-electron chi connectivity index (χ3n) is 4.37. The number of nitrogens with zero attached hydrogens (tertiary/aromatic N) is 3. The molecular weight excluding hydrogens is 334 g/mol. The number of benzene rings is 1. The maximum atomic E-state index is 11.9. The third kappa shape index (κ3) is 4.58. The number of aliphatic hydroxyl groups is 1. The number of rotatable bonds is 8. The summed E-state index contributed by atoms with van der Waals surface area (Å²) in [5.41, 5.74) is 1.99. The van der Waals surface area contributed by atoms with Crippen molar-refractivity contribution in [1.82, 2.24) is 4.98 Å². The van der Waals surface area contributed by atoms with Gasteiger partial charge in [0.2, 0.25) is 5.91 Å². The second-order valence-electron chi connectivity index (χ2n) is 6.52. The lowest BCUT2D eigenvalue weighted by Gasteiger charge is -2.26. The van der Waals surface area contributed by atoms with Crippen LogP contribution >= 0.6 is 11.3 Å². The summed E-state index contributed by atoms with van der Waals surface area (Å²) in [6.45, 7) is 4.77. The van der Waals surface area contributed by atoms with Gasteiger partial charge in [-0.2, -0.15) is 0 Å². The summed E-state index contributed by atoms with van der Waals surface area (Å²) in [6.07, 6.45) is 2.46. The minimum Gasteiger partial charge on any atom is -0.391 e. The molecule has 1 aliphatic rings. The zero-order chi connectivity index (χ0) is 17.8. The molecular formula is C19H25N3O2S. The van der Waals surface area contributed by atoms with Crippen LogP contribution in [0.4, 0.5) is 10.8 Å². The van der Waals surface area contributed by atoms with Crippen molar-refractivity contribution in [2.24, 2.45) is 0 Å². The molecule has 0 spiro atoms. The van der Waals surface area contributed by atoms with Gasteiger partial charge in [-0.1, -0.05) is 25.1 Å². The zero-order valence-corrected chi connectivity index (χ0v) is 15.6. The smallest absolute Gasteiger partial charge is 0.225 e. The first-order valence-corrected chi connectivity index (χ1v) is 9.68. The molecule has 25 heavy (non-hydrogen) atoms. The van der Waals surface area contributed by atoms with Crippen molar-refractivity contribution >= 4 is 28.1 Å². The van der Waals surface area contributed by atoms with Crippen molar-refractivity contribution in [1.29, 1.82) is 0 Å². The zero-order valence-electron chi connectivity index (χ0n) is 14.8. The van der Waals surface area contributed by atoms with Gasteiger partial charge in [-0.3, -0.25) is 9.69 Å². The average molecular weight is 359 g/mol. The van der Waals surface area contributed by atoms with E-state index >= 15 is 0 Å². The van der Waals surface area contributed by atoms with E-state index in [1.165, 1.54) is 11.3 Å². The molecule has 1 fully saturated rings. The first-order chi connectivity index (χ1) is 12.1. The summed E-state index contributed by atoms with van der Waals surface area (Å²) >= 11 is 1.52. The van der Waals surface area contributed by atoms with Crippen LogP contribution in [-0.4, -0.2) is 34.7 Å². The Hall–Kier alpha value is -1.92. The quantitative estimate of drug-likeness (QED) is 0.784. The molecule has 3 rings (SSSR count). The fourth-order valence-electron chi connectivity index (χ4n) is 2.84. The van der Waals surface area contributed by atoms with Crippen LogP contribution in [0.15, 0.2) is 35.7 Å². The summed E-state index contributed by atoms with van der Waals surface area (Å²) < 4.78 is 0. The van der Waals surface area contributed by atoms with E-state index in [2.05, 4.69) is 4.90 Å². The fourth-order valence-corrected chi connectivity index (χ4v) is 3.77. The van der Waals surface area contributed by atoms with Crippen LogP contribution in [0.5, 0.6) is 0 Å². The van der Waals surface area contributed by atoms with Gasteiger partial charge < -0.3 is 10.0 Å². The third-order valence-corrected chi connectivity index (χ3v) is 5.26. The van der Waals surface area contributed by atoms with E-state index in [0.29, 0.717) is 25.6 Å². The van der Waals surface area contributed by atoms with Gasteiger partial charge in [0, 0.05) is 30.6 Å². The van der Waals surface area contributed by atoms with Crippen molar-refractivity contribution in [3.05, 3.63) is 41.4 Å². The Morgan fingerprint density at radius 1 is 1.36 bits per heavy atom. The Bertz CT molecular complexity index is 700. The number of aliphatic hydroxyl groups excluding tert-OH is 1. The summed E-state index contributed by atoms with van der Waals surface area (Å²) in [5.74, 6) is 0.0599. The van der Waals surface area contributed by atoms with Gasteiger partial charge in [0.05, 0.1) is 18.3 Å². The molecule has 1 heterocycles. The molecule has 2 aromatic rings. The highest BCUT2D eigenvalue weighted by Crippen LogP contribution is 2.34.